The summed E-state index contributed by atoms with van der Waals surface area (Å²) in [5.41, 5.74) is 1.84. The minimum Gasteiger partial charge on any atom is -0.492 e. The number of imide groups is 1. The van der Waals surface area contributed by atoms with Gasteiger partial charge in [0.2, 0.25) is 0 Å². The molecular formula is C19H16Cl2N2O3. The first-order chi connectivity index (χ1) is 12.4. The number of halogens is 2. The van der Waals surface area contributed by atoms with E-state index in [0.717, 1.165) is 10.5 Å². The number of nitrogens with one attached hydrogen (secondary N) is 1. The standard InChI is InChI=1S/C19H16Cl2N2O3/c1-3-26-15-7-5-4-6-14(15)23-18(24)16(21)17(19(23)25)22-13-9-8-12(20)10-11(13)2/h4-10,22H,3H2,1-2H3. The van der Waals surface area contributed by atoms with Crippen molar-refractivity contribution in [2.75, 3.05) is 16.8 Å². The molecule has 0 saturated heterocycles. The maximum Gasteiger partial charge on any atom is 0.283 e. The van der Waals surface area contributed by atoms with Gasteiger partial charge in [-0.3, -0.25) is 9.59 Å². The van der Waals surface area contributed by atoms with Crippen molar-refractivity contribution in [3.05, 3.63) is 63.8 Å². The third-order valence-corrected chi connectivity index (χ3v) is 4.47. The van der Waals surface area contributed by atoms with Crippen molar-refractivity contribution >= 4 is 46.4 Å². The minimum absolute atomic E-state index is 0.0217. The van der Waals surface area contributed by atoms with Crippen LogP contribution in [0.3, 0.4) is 0 Å². The van der Waals surface area contributed by atoms with Crippen LogP contribution in [0.1, 0.15) is 12.5 Å². The highest BCUT2D eigenvalue weighted by Crippen LogP contribution is 2.36. The normalized spacial score (nSPS) is 14.2. The van der Waals surface area contributed by atoms with E-state index in [4.69, 9.17) is 27.9 Å². The number of anilines is 2. The Morgan fingerprint density at radius 1 is 1.08 bits per heavy atom. The Kier molecular flexibility index (Phi) is 5.20. The molecule has 0 bridgehead atoms. The first-order valence-corrected chi connectivity index (χ1v) is 8.73. The molecule has 2 aromatic rings. The number of benzene rings is 2. The molecule has 3 rings (SSSR count). The highest BCUT2D eigenvalue weighted by atomic mass is 35.5. The second-order valence-electron chi connectivity index (χ2n) is 5.62. The second kappa shape index (κ2) is 7.40. The Morgan fingerprint density at radius 2 is 1.81 bits per heavy atom. The van der Waals surface area contributed by atoms with Crippen LogP contribution in [0.4, 0.5) is 11.4 Å². The van der Waals surface area contributed by atoms with Crippen molar-refractivity contribution in [3.8, 4) is 5.75 Å². The molecule has 0 fully saturated rings. The van der Waals surface area contributed by atoms with Crippen LogP contribution in [0.15, 0.2) is 53.2 Å². The maximum atomic E-state index is 12.9. The third-order valence-electron chi connectivity index (χ3n) is 3.88. The predicted octanol–water partition coefficient (Wildman–Crippen LogP) is 4.48. The van der Waals surface area contributed by atoms with Crippen molar-refractivity contribution in [1.29, 1.82) is 0 Å². The zero-order valence-electron chi connectivity index (χ0n) is 14.2. The molecule has 26 heavy (non-hydrogen) atoms. The van der Waals surface area contributed by atoms with E-state index in [1.807, 2.05) is 13.8 Å². The van der Waals surface area contributed by atoms with E-state index in [-0.39, 0.29) is 10.7 Å². The number of carbonyl (C=O) groups excluding carboxylic acids is 2. The Bertz CT molecular complexity index is 925. The van der Waals surface area contributed by atoms with Crippen molar-refractivity contribution < 1.29 is 14.3 Å². The molecule has 2 amide bonds. The number of rotatable bonds is 5. The molecule has 0 aromatic heterocycles. The van der Waals surface area contributed by atoms with Gasteiger partial charge in [-0.25, -0.2) is 4.90 Å². The molecule has 0 unspecified atom stereocenters. The molecule has 1 aliphatic heterocycles. The summed E-state index contributed by atoms with van der Waals surface area (Å²) in [6.07, 6.45) is 0. The lowest BCUT2D eigenvalue weighted by Gasteiger charge is -2.18. The molecule has 0 aliphatic carbocycles. The topological polar surface area (TPSA) is 58.6 Å². The highest BCUT2D eigenvalue weighted by molar-refractivity contribution is 6.53. The summed E-state index contributed by atoms with van der Waals surface area (Å²) in [5, 5.41) is 3.36. The Hall–Kier alpha value is -2.50. The van der Waals surface area contributed by atoms with Crippen LogP contribution < -0.4 is 15.0 Å². The second-order valence-corrected chi connectivity index (χ2v) is 6.43. The Balaban J connectivity index is 1.95. The van der Waals surface area contributed by atoms with E-state index in [1.54, 1.807) is 42.5 Å². The zero-order chi connectivity index (χ0) is 18.8. The van der Waals surface area contributed by atoms with Gasteiger partial charge in [0.1, 0.15) is 16.5 Å². The zero-order valence-corrected chi connectivity index (χ0v) is 15.7. The molecule has 0 saturated carbocycles. The van der Waals surface area contributed by atoms with E-state index < -0.39 is 11.8 Å². The lowest BCUT2D eigenvalue weighted by atomic mass is 10.2. The highest BCUT2D eigenvalue weighted by Gasteiger charge is 2.40. The van der Waals surface area contributed by atoms with E-state index in [0.29, 0.717) is 28.8 Å². The fourth-order valence-corrected chi connectivity index (χ4v) is 3.09. The summed E-state index contributed by atoms with van der Waals surface area (Å²) in [6.45, 7) is 4.07. The van der Waals surface area contributed by atoms with E-state index in [9.17, 15) is 9.59 Å². The number of carbonyl (C=O) groups is 2. The molecular weight excluding hydrogens is 375 g/mol. The number of nitrogens with zero attached hydrogens (tertiary/aromatic N) is 1. The molecule has 0 atom stereocenters. The van der Waals surface area contributed by atoms with Crippen molar-refractivity contribution in [3.63, 3.8) is 0 Å². The lowest BCUT2D eigenvalue weighted by molar-refractivity contribution is -0.120. The van der Waals surface area contributed by atoms with Gasteiger partial charge in [-0.15, -0.1) is 0 Å². The molecule has 5 nitrogen and oxygen atoms in total. The van der Waals surface area contributed by atoms with Crippen LogP contribution >= 0.6 is 23.2 Å². The van der Waals surface area contributed by atoms with E-state index >= 15 is 0 Å². The van der Waals surface area contributed by atoms with Gasteiger partial charge >= 0.3 is 0 Å². The smallest absolute Gasteiger partial charge is 0.283 e. The summed E-state index contributed by atoms with van der Waals surface area (Å²) < 4.78 is 5.52. The average Bonchev–Trinajstić information content (AvgIpc) is 2.81. The van der Waals surface area contributed by atoms with Gasteiger partial charge in [0.25, 0.3) is 11.8 Å². The monoisotopic (exact) mass is 390 g/mol. The average molecular weight is 391 g/mol. The molecule has 2 aromatic carbocycles. The van der Waals surface area contributed by atoms with Crippen LogP contribution in [-0.2, 0) is 9.59 Å². The van der Waals surface area contributed by atoms with Crippen LogP contribution in [0, 0.1) is 6.92 Å². The van der Waals surface area contributed by atoms with Crippen molar-refractivity contribution in [2.45, 2.75) is 13.8 Å². The predicted molar refractivity (Wildman–Crippen MR) is 103 cm³/mol. The van der Waals surface area contributed by atoms with Crippen LogP contribution in [0.2, 0.25) is 5.02 Å². The number of para-hydroxylation sites is 2. The summed E-state index contributed by atoms with van der Waals surface area (Å²) in [6, 6.07) is 12.0. The molecule has 7 heteroatoms. The summed E-state index contributed by atoms with van der Waals surface area (Å²) in [4.78, 5) is 26.5. The number of hydrogen-bond donors (Lipinski definition) is 1. The van der Waals surface area contributed by atoms with Gasteiger partial charge < -0.3 is 10.1 Å². The van der Waals surface area contributed by atoms with Gasteiger partial charge in [0.15, 0.2) is 0 Å². The third kappa shape index (κ3) is 3.28. The van der Waals surface area contributed by atoms with Crippen LogP contribution in [0.5, 0.6) is 5.75 Å². The molecule has 0 spiro atoms. The van der Waals surface area contributed by atoms with Gasteiger partial charge in [0.05, 0.1) is 12.3 Å². The maximum absolute atomic E-state index is 12.9. The summed E-state index contributed by atoms with van der Waals surface area (Å²) in [7, 11) is 0. The van der Waals surface area contributed by atoms with Crippen LogP contribution in [0.25, 0.3) is 0 Å². The van der Waals surface area contributed by atoms with Gasteiger partial charge in [-0.05, 0) is 49.7 Å². The minimum atomic E-state index is -0.599. The molecule has 1 aliphatic rings. The summed E-state index contributed by atoms with van der Waals surface area (Å²) in [5.74, 6) is -0.704. The quantitative estimate of drug-likeness (QED) is 0.764. The number of aryl methyl sites for hydroxylation is 1. The Morgan fingerprint density at radius 3 is 2.50 bits per heavy atom. The van der Waals surface area contributed by atoms with Gasteiger partial charge in [0, 0.05) is 10.7 Å². The molecule has 134 valence electrons. The number of hydrogen-bond acceptors (Lipinski definition) is 4. The molecule has 0 radical (unpaired) electrons. The lowest BCUT2D eigenvalue weighted by Crippen LogP contribution is -2.32. The van der Waals surface area contributed by atoms with Crippen molar-refractivity contribution in [2.24, 2.45) is 0 Å². The van der Waals surface area contributed by atoms with E-state index in [2.05, 4.69) is 5.32 Å². The SMILES string of the molecule is CCOc1ccccc1N1C(=O)C(Cl)=C(Nc2ccc(Cl)cc2C)C1=O. The number of amides is 2. The van der Waals surface area contributed by atoms with Gasteiger partial charge in [-0.2, -0.15) is 0 Å². The molecule has 1 N–H and O–H groups in total. The first-order valence-electron chi connectivity index (χ1n) is 7.97. The largest absolute Gasteiger partial charge is 0.492 e. The first kappa shape index (κ1) is 18.3. The number of ether oxygens (including phenoxy) is 1. The van der Waals surface area contributed by atoms with Gasteiger partial charge in [-0.1, -0.05) is 35.3 Å². The fraction of sp³-hybridized carbons (Fsp3) is 0.158. The summed E-state index contributed by atoms with van der Waals surface area (Å²) >= 11 is 12.1. The fourth-order valence-electron chi connectivity index (χ4n) is 2.65. The Labute approximate surface area is 161 Å². The van der Waals surface area contributed by atoms with E-state index in [1.165, 1.54) is 0 Å². The van der Waals surface area contributed by atoms with Crippen LogP contribution in [-0.4, -0.2) is 18.4 Å². The molecule has 1 heterocycles. The van der Waals surface area contributed by atoms with Crippen molar-refractivity contribution in [1.82, 2.24) is 0 Å².